The fraction of sp³-hybridized carbons (Fsp3) is 0.381. The maximum Gasteiger partial charge on any atom is 0.261 e. The number of anilines is 1. The number of ether oxygens (including phenoxy) is 1. The summed E-state index contributed by atoms with van der Waals surface area (Å²) in [6, 6.07) is 5.10. The van der Waals surface area contributed by atoms with E-state index in [0.717, 1.165) is 12.5 Å². The summed E-state index contributed by atoms with van der Waals surface area (Å²) < 4.78 is 35.3. The van der Waals surface area contributed by atoms with Gasteiger partial charge in [-0.3, -0.25) is 9.36 Å². The summed E-state index contributed by atoms with van der Waals surface area (Å²) in [5.41, 5.74) is 0.614. The van der Waals surface area contributed by atoms with Crippen LogP contribution in [0.5, 0.6) is 0 Å². The number of fused-ring (bicyclic) bond motifs is 2. The summed E-state index contributed by atoms with van der Waals surface area (Å²) in [7, 11) is 0. The van der Waals surface area contributed by atoms with Crippen LogP contribution in [-0.4, -0.2) is 40.8 Å². The highest BCUT2D eigenvalue weighted by molar-refractivity contribution is 5.93. The molecule has 29 heavy (non-hydrogen) atoms. The topological polar surface area (TPSA) is 60.3 Å². The van der Waals surface area contributed by atoms with E-state index in [4.69, 9.17) is 9.72 Å². The van der Waals surface area contributed by atoms with Crippen LogP contribution in [0.25, 0.3) is 22.2 Å². The van der Waals surface area contributed by atoms with Crippen LogP contribution in [0, 0.1) is 11.6 Å². The van der Waals surface area contributed by atoms with Gasteiger partial charge in [-0.25, -0.2) is 18.7 Å². The highest BCUT2D eigenvalue weighted by atomic mass is 19.1. The highest BCUT2D eigenvalue weighted by Crippen LogP contribution is 2.33. The predicted molar refractivity (Wildman–Crippen MR) is 105 cm³/mol. The molecule has 0 spiro atoms. The summed E-state index contributed by atoms with van der Waals surface area (Å²) >= 11 is 0. The van der Waals surface area contributed by atoms with E-state index in [-0.39, 0.29) is 22.7 Å². The molecule has 3 aromatic rings. The van der Waals surface area contributed by atoms with E-state index in [0.29, 0.717) is 55.4 Å². The fourth-order valence-electron chi connectivity index (χ4n) is 4.09. The van der Waals surface area contributed by atoms with Crippen LogP contribution >= 0.6 is 0 Å². The average Bonchev–Trinajstić information content (AvgIpc) is 3.10. The van der Waals surface area contributed by atoms with Gasteiger partial charge in [-0.1, -0.05) is 6.92 Å². The van der Waals surface area contributed by atoms with E-state index in [1.54, 1.807) is 10.6 Å². The first-order chi connectivity index (χ1) is 14.0. The van der Waals surface area contributed by atoms with E-state index in [2.05, 4.69) is 4.98 Å². The molecule has 2 aromatic heterocycles. The van der Waals surface area contributed by atoms with Crippen LogP contribution in [0.1, 0.15) is 25.1 Å². The zero-order valence-corrected chi connectivity index (χ0v) is 16.0. The van der Waals surface area contributed by atoms with Crippen molar-refractivity contribution in [3.05, 3.63) is 52.1 Å². The minimum absolute atomic E-state index is 0.133. The molecule has 1 saturated heterocycles. The molecular formula is C21H20F2N4O2. The molecule has 6 nitrogen and oxygen atoms in total. The van der Waals surface area contributed by atoms with E-state index < -0.39 is 11.6 Å². The van der Waals surface area contributed by atoms with E-state index in [9.17, 15) is 13.6 Å². The van der Waals surface area contributed by atoms with Crippen LogP contribution in [0.3, 0.4) is 0 Å². The maximum absolute atomic E-state index is 14.7. The molecule has 0 radical (unpaired) electrons. The van der Waals surface area contributed by atoms with Crippen molar-refractivity contribution >= 4 is 16.7 Å². The van der Waals surface area contributed by atoms with Gasteiger partial charge in [0.2, 0.25) is 0 Å². The molecule has 1 atom stereocenters. The van der Waals surface area contributed by atoms with Gasteiger partial charge >= 0.3 is 0 Å². The minimum atomic E-state index is -0.728. The molecule has 0 saturated carbocycles. The van der Waals surface area contributed by atoms with Crippen LogP contribution in [0.4, 0.5) is 14.6 Å². The Hall–Kier alpha value is -2.87. The summed E-state index contributed by atoms with van der Waals surface area (Å²) in [6.07, 6.45) is 0.836. The summed E-state index contributed by atoms with van der Waals surface area (Å²) in [6.45, 7) is 5.00. The minimum Gasteiger partial charge on any atom is -0.378 e. The lowest BCUT2D eigenvalue weighted by Gasteiger charge is -2.28. The van der Waals surface area contributed by atoms with E-state index in [1.165, 1.54) is 12.1 Å². The Morgan fingerprint density at radius 2 is 1.90 bits per heavy atom. The van der Waals surface area contributed by atoms with Gasteiger partial charge in [-0.05, 0) is 24.6 Å². The van der Waals surface area contributed by atoms with Crippen LogP contribution in [0.2, 0.25) is 0 Å². The third-order valence-electron chi connectivity index (χ3n) is 5.71. The molecule has 8 heteroatoms. The maximum atomic E-state index is 14.7. The van der Waals surface area contributed by atoms with Crippen molar-refractivity contribution in [2.24, 2.45) is 0 Å². The molecule has 2 aliphatic rings. The van der Waals surface area contributed by atoms with E-state index >= 15 is 0 Å². The zero-order valence-electron chi connectivity index (χ0n) is 16.0. The number of hydrogen-bond acceptors (Lipinski definition) is 5. The molecule has 0 aliphatic carbocycles. The molecular weight excluding hydrogens is 378 g/mol. The van der Waals surface area contributed by atoms with Crippen LogP contribution < -0.4 is 10.5 Å². The molecule has 2 aliphatic heterocycles. The Kier molecular flexibility index (Phi) is 4.31. The number of rotatable bonds is 2. The molecule has 0 amide bonds. The average molecular weight is 398 g/mol. The van der Waals surface area contributed by atoms with Gasteiger partial charge in [-0.2, -0.15) is 0 Å². The van der Waals surface area contributed by atoms with Gasteiger partial charge in [-0.15, -0.1) is 0 Å². The molecule has 0 bridgehead atoms. The standard InChI is InChI=1S/C21H20F2N4O2/c1-12-4-5-27-20(12)25-19-15(21(27)28)11-17(26-6-8-29-9-7-26)24-18(19)14-3-2-13(22)10-16(14)23/h2-3,10-12H,4-9H2,1H3/t12-/m0/s1. The quantitative estimate of drug-likeness (QED) is 0.664. The first-order valence-electron chi connectivity index (χ1n) is 9.76. The lowest BCUT2D eigenvalue weighted by atomic mass is 10.1. The Bertz CT molecular complexity index is 1170. The number of nitrogens with zero attached hydrogens (tertiary/aromatic N) is 4. The Labute approximate surface area is 165 Å². The second-order valence-corrected chi connectivity index (χ2v) is 7.57. The summed E-state index contributed by atoms with van der Waals surface area (Å²) in [5.74, 6) is 0.00459. The van der Waals surface area contributed by atoms with Gasteiger partial charge in [0.1, 0.15) is 34.5 Å². The molecule has 4 heterocycles. The van der Waals surface area contributed by atoms with Crippen molar-refractivity contribution < 1.29 is 13.5 Å². The number of morpholine rings is 1. The van der Waals surface area contributed by atoms with Crippen molar-refractivity contribution in [1.29, 1.82) is 0 Å². The van der Waals surface area contributed by atoms with Gasteiger partial charge in [0.25, 0.3) is 5.56 Å². The fourth-order valence-corrected chi connectivity index (χ4v) is 4.09. The lowest BCUT2D eigenvalue weighted by molar-refractivity contribution is 0.122. The van der Waals surface area contributed by atoms with Gasteiger partial charge in [0.15, 0.2) is 0 Å². The Balaban J connectivity index is 1.81. The third-order valence-corrected chi connectivity index (χ3v) is 5.71. The first kappa shape index (κ1) is 18.2. The molecule has 150 valence electrons. The van der Waals surface area contributed by atoms with Gasteiger partial charge in [0, 0.05) is 37.2 Å². The third kappa shape index (κ3) is 2.98. The zero-order chi connectivity index (χ0) is 20.1. The lowest BCUT2D eigenvalue weighted by Crippen LogP contribution is -2.37. The molecule has 1 fully saturated rings. The van der Waals surface area contributed by atoms with Crippen molar-refractivity contribution in [2.45, 2.75) is 25.8 Å². The second kappa shape index (κ2) is 6.88. The monoisotopic (exact) mass is 398 g/mol. The highest BCUT2D eigenvalue weighted by Gasteiger charge is 2.26. The number of aromatic nitrogens is 3. The largest absolute Gasteiger partial charge is 0.378 e. The first-order valence-corrected chi connectivity index (χ1v) is 9.76. The van der Waals surface area contributed by atoms with Crippen molar-refractivity contribution in [1.82, 2.24) is 14.5 Å². The number of benzene rings is 1. The van der Waals surface area contributed by atoms with Gasteiger partial charge in [0.05, 0.1) is 18.6 Å². The Morgan fingerprint density at radius 1 is 1.10 bits per heavy atom. The van der Waals surface area contributed by atoms with Crippen molar-refractivity contribution in [3.8, 4) is 11.3 Å². The van der Waals surface area contributed by atoms with Crippen LogP contribution in [-0.2, 0) is 11.3 Å². The van der Waals surface area contributed by atoms with Crippen molar-refractivity contribution in [3.63, 3.8) is 0 Å². The normalized spacial score (nSPS) is 19.0. The summed E-state index contributed by atoms with van der Waals surface area (Å²) in [5, 5.41) is 0.401. The smallest absolute Gasteiger partial charge is 0.261 e. The number of hydrogen-bond donors (Lipinski definition) is 0. The number of pyridine rings is 1. The molecule has 5 rings (SSSR count). The van der Waals surface area contributed by atoms with E-state index in [1.807, 2.05) is 11.8 Å². The van der Waals surface area contributed by atoms with Crippen LogP contribution in [0.15, 0.2) is 29.1 Å². The van der Waals surface area contributed by atoms with Crippen molar-refractivity contribution in [2.75, 3.05) is 31.2 Å². The predicted octanol–water partition coefficient (Wildman–Crippen LogP) is 3.08. The molecule has 1 aromatic carbocycles. The molecule has 0 N–H and O–H groups in total. The van der Waals surface area contributed by atoms with Gasteiger partial charge < -0.3 is 9.64 Å². The SMILES string of the molecule is C[C@H]1CCn2c1nc1c(-c3ccc(F)cc3F)nc(N3CCOCC3)cc1c2=O. The molecule has 0 unspecified atom stereocenters. The summed E-state index contributed by atoms with van der Waals surface area (Å²) in [4.78, 5) is 24.6. The number of halogens is 2. The Morgan fingerprint density at radius 3 is 2.66 bits per heavy atom. The second-order valence-electron chi connectivity index (χ2n) is 7.57.